The second-order valence-electron chi connectivity index (χ2n) is 18.1. The van der Waals surface area contributed by atoms with Crippen LogP contribution in [0, 0.1) is 5.82 Å². The number of hydrogen-bond acceptors (Lipinski definition) is 18. The van der Waals surface area contributed by atoms with Crippen molar-refractivity contribution in [3.8, 4) is 11.5 Å². The van der Waals surface area contributed by atoms with Crippen LogP contribution in [0.25, 0.3) is 21.8 Å². The largest absolute Gasteiger partial charge is 0.483 e. The molecule has 8 aromatic rings. The van der Waals surface area contributed by atoms with E-state index in [9.17, 15) is 71.6 Å². The predicted octanol–water partition coefficient (Wildman–Crippen LogP) is 11.5. The summed E-state index contributed by atoms with van der Waals surface area (Å²) in [5.41, 5.74) is 0.269. The maximum Gasteiger partial charge on any atom is 0.420 e. The molecule has 25 nitrogen and oxygen atoms in total. The summed E-state index contributed by atoms with van der Waals surface area (Å²) in [6.07, 6.45) is -6.10. The lowest BCUT2D eigenvalue weighted by Crippen LogP contribution is -2.31. The number of fused-ring (bicyclic) bond motifs is 2. The molecule has 0 radical (unpaired) electrons. The minimum absolute atomic E-state index is 0. The van der Waals surface area contributed by atoms with Crippen LogP contribution in [-0.2, 0) is 64.8 Å². The number of ether oxygens (including phenoxy) is 5. The van der Waals surface area contributed by atoms with Gasteiger partial charge in [0.2, 0.25) is 5.91 Å². The molecular formula is C56H64Cl2F4N8O17S3. The second kappa shape index (κ2) is 30.0. The molecule has 6 N–H and O–H groups in total. The highest BCUT2D eigenvalue weighted by atomic mass is 35.5. The van der Waals surface area contributed by atoms with Gasteiger partial charge in [0, 0.05) is 50.2 Å². The van der Waals surface area contributed by atoms with Crippen molar-refractivity contribution >= 4 is 128 Å². The highest BCUT2D eigenvalue weighted by Gasteiger charge is 2.34. The van der Waals surface area contributed by atoms with E-state index in [1.165, 1.54) is 91.9 Å². The van der Waals surface area contributed by atoms with Crippen molar-refractivity contribution in [2.75, 3.05) is 43.9 Å². The van der Waals surface area contributed by atoms with E-state index in [0.29, 0.717) is 27.3 Å². The fourth-order valence-corrected chi connectivity index (χ4v) is 10.6. The van der Waals surface area contributed by atoms with Gasteiger partial charge in [-0.05, 0) is 135 Å². The van der Waals surface area contributed by atoms with E-state index in [-0.39, 0.29) is 69.5 Å². The van der Waals surface area contributed by atoms with Gasteiger partial charge in [0.25, 0.3) is 41.9 Å². The molecule has 0 aliphatic heterocycles. The molecule has 6 aromatic carbocycles. The van der Waals surface area contributed by atoms with Gasteiger partial charge >= 0.3 is 24.5 Å². The summed E-state index contributed by atoms with van der Waals surface area (Å²) in [6, 6.07) is 30.5. The Morgan fingerprint density at radius 2 is 1.04 bits per heavy atom. The number of nitrogens with one attached hydrogen (secondary N) is 6. The quantitative estimate of drug-likeness (QED) is 0.0364. The van der Waals surface area contributed by atoms with Gasteiger partial charge in [0.05, 0.1) is 57.6 Å². The Morgan fingerprint density at radius 3 is 1.53 bits per heavy atom. The van der Waals surface area contributed by atoms with E-state index in [1.54, 1.807) is 68.3 Å². The molecule has 0 aliphatic carbocycles. The van der Waals surface area contributed by atoms with E-state index < -0.39 is 90.7 Å². The first-order valence-electron chi connectivity index (χ1n) is 25.4. The summed E-state index contributed by atoms with van der Waals surface area (Å²) < 4.78 is 156. The molecule has 0 fully saturated rings. The number of methoxy groups -OCH3 is 3. The lowest BCUT2D eigenvalue weighted by atomic mass is 10.1. The summed E-state index contributed by atoms with van der Waals surface area (Å²) in [6.45, 7) is 2.66. The number of pyridine rings is 1. The standard InChI is InChI=1S/C20H16F3N3O6S.C19H18FN3O5S.C17H16Cl2N2O6S.7H2/c1-31-19(28)26-33(29,30)13-7-5-12(6-8-13)25-17(27)11-32-16-9-10-24-18-14(16)3-2-4-15(18)20(21,22)23;1-12(23-11-10-15-16(20)4-3-5-17(15)23)18(24)21-13-6-8-14(9-7-13)29(26,27)22-19(25)28-2;1-10(27-14-5-3-4-13(18)15(14)19)16(22)20-11-6-8-12(9-7-11)28(24,25)21-17(23)26-2;;;;;;;/h2-10H,11H2,1H3,(H,25,27)(H,26,28);3-12H,1-2H3,(H,21,24)(H,22,25);3-10H,1-2H3,(H,20,22)(H,21,23);7*1H. The smallest absolute Gasteiger partial charge is 0.420 e. The Bertz CT molecular complexity index is 4360. The van der Waals surface area contributed by atoms with Crippen LogP contribution in [0.5, 0.6) is 11.5 Å². The van der Waals surface area contributed by atoms with Gasteiger partial charge in [-0.25, -0.2) is 58.2 Å². The normalized spacial score (nSPS) is 12.0. The van der Waals surface area contributed by atoms with Crippen LogP contribution >= 0.6 is 23.2 Å². The third-order valence-corrected chi connectivity index (χ3v) is 16.8. The first-order chi connectivity index (χ1) is 42.4. The van der Waals surface area contributed by atoms with E-state index in [2.05, 4.69) is 35.1 Å². The minimum Gasteiger partial charge on any atom is -0.483 e. The highest BCUT2D eigenvalue weighted by Crippen LogP contribution is 2.37. The molecule has 0 saturated carbocycles. The Morgan fingerprint density at radius 1 is 0.578 bits per heavy atom. The second-order valence-corrected chi connectivity index (χ2v) is 23.9. The molecular weight excluding hydrogens is 1300 g/mol. The fraction of sp³-hybridized carbons (Fsp3) is 0.161. The molecule has 0 aliphatic rings. The number of carbonyl (C=O) groups is 6. The van der Waals surface area contributed by atoms with Crippen LogP contribution < -0.4 is 39.6 Å². The molecule has 6 amide bonds. The van der Waals surface area contributed by atoms with Gasteiger partial charge in [-0.2, -0.15) is 13.2 Å². The molecule has 2 heterocycles. The van der Waals surface area contributed by atoms with Gasteiger partial charge in [0.1, 0.15) is 28.4 Å². The van der Waals surface area contributed by atoms with Gasteiger partial charge < -0.3 is 44.2 Å². The fourth-order valence-electron chi connectivity index (χ4n) is 7.55. The molecule has 2 unspecified atom stereocenters. The molecule has 2 atom stereocenters. The van der Waals surface area contributed by atoms with Crippen LogP contribution in [0.1, 0.15) is 35.4 Å². The van der Waals surface area contributed by atoms with Crippen LogP contribution in [-0.4, -0.2) is 105 Å². The Hall–Kier alpha value is -9.76. The lowest BCUT2D eigenvalue weighted by Gasteiger charge is -2.16. The number of nitrogens with zero attached hydrogens (tertiary/aromatic N) is 2. The number of alkyl halides is 3. The number of aromatic nitrogens is 2. The predicted molar refractivity (Wildman–Crippen MR) is 334 cm³/mol. The van der Waals surface area contributed by atoms with Gasteiger partial charge in [-0.3, -0.25) is 19.4 Å². The number of benzene rings is 6. The first kappa shape index (κ1) is 69.3. The summed E-state index contributed by atoms with van der Waals surface area (Å²) in [5, 5.41) is 8.71. The maximum atomic E-state index is 13.8. The van der Waals surface area contributed by atoms with Crippen molar-refractivity contribution in [2.24, 2.45) is 0 Å². The molecule has 2 aromatic heterocycles. The lowest BCUT2D eigenvalue weighted by molar-refractivity contribution is -0.136. The molecule has 0 bridgehead atoms. The van der Waals surface area contributed by atoms with Gasteiger partial charge in [-0.1, -0.05) is 41.4 Å². The van der Waals surface area contributed by atoms with Crippen molar-refractivity contribution in [1.82, 2.24) is 23.7 Å². The van der Waals surface area contributed by atoms with E-state index in [1.807, 2.05) is 0 Å². The van der Waals surface area contributed by atoms with Crippen molar-refractivity contribution in [1.29, 1.82) is 0 Å². The number of amides is 6. The summed E-state index contributed by atoms with van der Waals surface area (Å²) in [4.78, 5) is 73.5. The Kier molecular flexibility index (Phi) is 23.1. The summed E-state index contributed by atoms with van der Waals surface area (Å²) in [5.74, 6) is -1.57. The van der Waals surface area contributed by atoms with Crippen LogP contribution in [0.3, 0.4) is 0 Å². The molecule has 8 rings (SSSR count). The monoisotopic (exact) mass is 1360 g/mol. The molecule has 34 heteroatoms. The third-order valence-electron chi connectivity index (χ3n) is 12.0. The van der Waals surface area contributed by atoms with Crippen molar-refractivity contribution in [3.63, 3.8) is 0 Å². The van der Waals surface area contributed by atoms with Crippen molar-refractivity contribution < 1.29 is 105 Å². The SMILES string of the molecule is COC(=O)NS(=O)(=O)c1ccc(NC(=O)C(C)Oc2cccc(Cl)c2Cl)cc1.COC(=O)NS(=O)(=O)c1ccc(NC(=O)C(C)n2ccc3c(F)cccc32)cc1.COC(=O)NS(=O)(=O)c1ccc(NC(=O)COc2ccnc3c(C(F)(F)F)cccc23)cc1.[HH].[HH].[HH].[HH].[HH].[HH].[HH]. The molecule has 490 valence electrons. The zero-order chi connectivity index (χ0) is 66.3. The average Bonchev–Trinajstić information content (AvgIpc) is 1.67. The number of para-hydroxylation sites is 1. The molecule has 0 spiro atoms. The minimum atomic E-state index is -4.60. The maximum absolute atomic E-state index is 13.8. The number of halogens is 6. The van der Waals surface area contributed by atoms with Crippen LogP contribution in [0.15, 0.2) is 167 Å². The van der Waals surface area contributed by atoms with E-state index in [4.69, 9.17) is 32.7 Å². The van der Waals surface area contributed by atoms with E-state index in [0.717, 1.165) is 45.7 Å². The van der Waals surface area contributed by atoms with Gasteiger partial charge in [-0.15, -0.1) is 0 Å². The number of hydrogen-bond donors (Lipinski definition) is 6. The topological polar surface area (TPSA) is 341 Å². The Balaban J connectivity index is 0. The number of rotatable bonds is 17. The summed E-state index contributed by atoms with van der Waals surface area (Å²) >= 11 is 11.9. The Labute approximate surface area is 530 Å². The average molecular weight is 1360 g/mol. The van der Waals surface area contributed by atoms with E-state index >= 15 is 0 Å². The first-order valence-corrected chi connectivity index (χ1v) is 30.6. The van der Waals surface area contributed by atoms with Crippen LogP contribution in [0.2, 0.25) is 10.0 Å². The summed E-state index contributed by atoms with van der Waals surface area (Å²) in [7, 11) is -9.19. The van der Waals surface area contributed by atoms with Crippen molar-refractivity contribution in [2.45, 2.75) is 46.9 Å². The number of sulfonamides is 3. The number of carbonyl (C=O) groups excluding carboxylic acids is 6. The van der Waals surface area contributed by atoms with Crippen molar-refractivity contribution in [3.05, 3.63) is 173 Å². The molecule has 0 saturated heterocycles. The number of anilines is 3. The zero-order valence-corrected chi connectivity index (χ0v) is 51.1. The van der Waals surface area contributed by atoms with Crippen LogP contribution in [0.4, 0.5) is 49.0 Å². The zero-order valence-electron chi connectivity index (χ0n) is 47.1. The van der Waals surface area contributed by atoms with Gasteiger partial charge in [0.15, 0.2) is 12.7 Å². The highest BCUT2D eigenvalue weighted by molar-refractivity contribution is 7.90. The molecule has 90 heavy (non-hydrogen) atoms. The third kappa shape index (κ3) is 18.4.